The second-order valence-electron chi connectivity index (χ2n) is 5.16. The van der Waals surface area contributed by atoms with Crippen molar-refractivity contribution < 1.29 is 27.9 Å². The number of aliphatic carboxylic acids is 1. The number of halogens is 3. The van der Waals surface area contributed by atoms with Crippen molar-refractivity contribution in [1.29, 1.82) is 0 Å². The molecule has 0 aliphatic carbocycles. The molecule has 0 atom stereocenters. The summed E-state index contributed by atoms with van der Waals surface area (Å²) in [6, 6.07) is 7.65. The van der Waals surface area contributed by atoms with Gasteiger partial charge in [0.05, 0.1) is 10.4 Å². The summed E-state index contributed by atoms with van der Waals surface area (Å²) in [4.78, 5) is 25.8. The Kier molecular flexibility index (Phi) is 5.28. The number of hydrogen-bond acceptors (Lipinski definition) is 3. The molecule has 1 aromatic carbocycles. The van der Waals surface area contributed by atoms with Crippen LogP contribution in [0.5, 0.6) is 0 Å². The fraction of sp³-hybridized carbons (Fsp3) is 0.250. The summed E-state index contributed by atoms with van der Waals surface area (Å²) in [5.74, 6) is -1.65. The van der Waals surface area contributed by atoms with Crippen molar-refractivity contribution in [2.24, 2.45) is 0 Å². The van der Waals surface area contributed by atoms with Crippen LogP contribution >= 0.6 is 11.3 Å². The van der Waals surface area contributed by atoms with Gasteiger partial charge in [-0.15, -0.1) is 11.3 Å². The maximum Gasteiger partial charge on any atom is 0.416 e. The minimum Gasteiger partial charge on any atom is -0.480 e. The Hall–Kier alpha value is -2.35. The molecule has 24 heavy (non-hydrogen) atoms. The first-order chi connectivity index (χ1) is 11.2. The van der Waals surface area contributed by atoms with Crippen molar-refractivity contribution in [1.82, 2.24) is 4.90 Å². The minimum absolute atomic E-state index is 0.0831. The molecule has 0 fully saturated rings. The van der Waals surface area contributed by atoms with E-state index in [1.54, 1.807) is 12.1 Å². The molecule has 0 bridgehead atoms. The van der Waals surface area contributed by atoms with E-state index in [0.717, 1.165) is 21.9 Å². The minimum atomic E-state index is -4.44. The van der Waals surface area contributed by atoms with E-state index in [-0.39, 0.29) is 6.54 Å². The number of rotatable bonds is 5. The molecule has 2 rings (SSSR count). The van der Waals surface area contributed by atoms with Crippen molar-refractivity contribution in [3.05, 3.63) is 57.3 Å². The van der Waals surface area contributed by atoms with Crippen LogP contribution in [0.15, 0.2) is 36.4 Å². The zero-order valence-corrected chi connectivity index (χ0v) is 13.4. The summed E-state index contributed by atoms with van der Waals surface area (Å²) in [6.07, 6.45) is -4.44. The second kappa shape index (κ2) is 7.04. The third kappa shape index (κ3) is 4.58. The van der Waals surface area contributed by atoms with Crippen molar-refractivity contribution in [3.63, 3.8) is 0 Å². The Balaban J connectivity index is 2.19. The van der Waals surface area contributed by atoms with Gasteiger partial charge in [-0.1, -0.05) is 12.1 Å². The van der Waals surface area contributed by atoms with E-state index in [1.165, 1.54) is 23.5 Å². The van der Waals surface area contributed by atoms with E-state index in [0.29, 0.717) is 10.4 Å². The van der Waals surface area contributed by atoms with Crippen molar-refractivity contribution in [2.45, 2.75) is 19.6 Å². The monoisotopic (exact) mass is 357 g/mol. The SMILES string of the molecule is Cc1ccc(C(=O)N(CC(=O)O)Cc2ccc(C(F)(F)F)cc2)s1. The van der Waals surface area contributed by atoms with E-state index in [9.17, 15) is 22.8 Å². The lowest BCUT2D eigenvalue weighted by Crippen LogP contribution is -2.34. The number of carboxylic acids is 1. The van der Waals surface area contributed by atoms with E-state index in [1.807, 2.05) is 6.92 Å². The first-order valence-electron chi connectivity index (χ1n) is 6.90. The van der Waals surface area contributed by atoms with Crippen LogP contribution in [0.25, 0.3) is 0 Å². The standard InChI is InChI=1S/C16H14F3NO3S/c1-10-2-7-13(24-10)15(23)20(9-14(21)22)8-11-3-5-12(6-4-11)16(17,18)19/h2-7H,8-9H2,1H3,(H,21,22). The van der Waals surface area contributed by atoms with E-state index >= 15 is 0 Å². The second-order valence-corrected chi connectivity index (χ2v) is 6.45. The van der Waals surface area contributed by atoms with Gasteiger partial charge in [-0.3, -0.25) is 9.59 Å². The van der Waals surface area contributed by atoms with Gasteiger partial charge in [0.2, 0.25) is 0 Å². The third-order valence-corrected chi connectivity index (χ3v) is 4.21. The highest BCUT2D eigenvalue weighted by Crippen LogP contribution is 2.29. The zero-order chi connectivity index (χ0) is 17.9. The highest BCUT2D eigenvalue weighted by Gasteiger charge is 2.30. The number of carbonyl (C=O) groups is 2. The third-order valence-electron chi connectivity index (χ3n) is 3.22. The van der Waals surface area contributed by atoms with Gasteiger partial charge in [-0.2, -0.15) is 13.2 Å². The molecule has 1 heterocycles. The average Bonchev–Trinajstić information content (AvgIpc) is 2.91. The van der Waals surface area contributed by atoms with Crippen molar-refractivity contribution in [2.75, 3.05) is 6.54 Å². The van der Waals surface area contributed by atoms with Crippen molar-refractivity contribution >= 4 is 23.2 Å². The number of aryl methyl sites for hydroxylation is 1. The number of alkyl halides is 3. The lowest BCUT2D eigenvalue weighted by molar-refractivity contribution is -0.138. The van der Waals surface area contributed by atoms with Gasteiger partial charge in [0, 0.05) is 11.4 Å². The van der Waals surface area contributed by atoms with Crippen LogP contribution in [0.1, 0.15) is 25.7 Å². The topological polar surface area (TPSA) is 57.6 Å². The number of carboxylic acid groups (broad SMARTS) is 1. The zero-order valence-electron chi connectivity index (χ0n) is 12.6. The molecule has 0 radical (unpaired) electrons. The van der Waals surface area contributed by atoms with Crippen LogP contribution in [0.4, 0.5) is 13.2 Å². The molecule has 2 aromatic rings. The maximum atomic E-state index is 12.6. The molecule has 0 unspecified atom stereocenters. The lowest BCUT2D eigenvalue weighted by atomic mass is 10.1. The Labute approximate surface area is 140 Å². The fourth-order valence-electron chi connectivity index (χ4n) is 2.09. The first kappa shape index (κ1) is 18.0. The van der Waals surface area contributed by atoms with Gasteiger partial charge >= 0.3 is 12.1 Å². The Morgan fingerprint density at radius 2 is 1.75 bits per heavy atom. The lowest BCUT2D eigenvalue weighted by Gasteiger charge is -2.20. The van der Waals surface area contributed by atoms with Crippen molar-refractivity contribution in [3.8, 4) is 0 Å². The van der Waals surface area contributed by atoms with E-state index in [2.05, 4.69) is 0 Å². The highest BCUT2D eigenvalue weighted by atomic mass is 32.1. The molecule has 0 saturated carbocycles. The van der Waals surface area contributed by atoms with Gasteiger partial charge in [0.15, 0.2) is 0 Å². The molecule has 1 N–H and O–H groups in total. The molecule has 0 aliphatic heterocycles. The average molecular weight is 357 g/mol. The Morgan fingerprint density at radius 1 is 1.12 bits per heavy atom. The predicted molar refractivity (Wildman–Crippen MR) is 82.9 cm³/mol. The van der Waals surface area contributed by atoms with Crippen LogP contribution in [0.3, 0.4) is 0 Å². The van der Waals surface area contributed by atoms with Gasteiger partial charge < -0.3 is 10.0 Å². The summed E-state index contributed by atoms with van der Waals surface area (Å²) in [7, 11) is 0. The highest BCUT2D eigenvalue weighted by molar-refractivity contribution is 7.13. The largest absolute Gasteiger partial charge is 0.480 e. The summed E-state index contributed by atoms with van der Waals surface area (Å²) < 4.78 is 37.7. The summed E-state index contributed by atoms with van der Waals surface area (Å²) >= 11 is 1.23. The molecule has 1 amide bonds. The molecule has 0 spiro atoms. The molecule has 0 saturated heterocycles. The van der Waals surface area contributed by atoms with Crippen LogP contribution in [0, 0.1) is 6.92 Å². The quantitative estimate of drug-likeness (QED) is 0.885. The Morgan fingerprint density at radius 3 is 2.21 bits per heavy atom. The summed E-state index contributed by atoms with van der Waals surface area (Å²) in [6.45, 7) is 1.20. The van der Waals surface area contributed by atoms with Gasteiger partial charge in [0.1, 0.15) is 6.54 Å². The molecule has 4 nitrogen and oxygen atoms in total. The number of thiophene rings is 1. The number of benzene rings is 1. The number of carbonyl (C=O) groups excluding carboxylic acids is 1. The predicted octanol–water partition coefficient (Wildman–Crippen LogP) is 3.80. The van der Waals surface area contributed by atoms with E-state index in [4.69, 9.17) is 5.11 Å². The number of nitrogens with zero attached hydrogens (tertiary/aromatic N) is 1. The molecule has 1 aromatic heterocycles. The van der Waals surface area contributed by atoms with E-state index < -0.39 is 30.2 Å². The first-order valence-corrected chi connectivity index (χ1v) is 7.72. The van der Waals surface area contributed by atoms with Gasteiger partial charge in [0.25, 0.3) is 5.91 Å². The van der Waals surface area contributed by atoms with Crippen LogP contribution in [-0.2, 0) is 17.5 Å². The molecular weight excluding hydrogens is 343 g/mol. The maximum absolute atomic E-state index is 12.6. The molecule has 8 heteroatoms. The number of amides is 1. The molecule has 128 valence electrons. The van der Waals surface area contributed by atoms with Crippen LogP contribution < -0.4 is 0 Å². The van der Waals surface area contributed by atoms with Gasteiger partial charge in [-0.05, 0) is 36.8 Å². The van der Waals surface area contributed by atoms with Gasteiger partial charge in [-0.25, -0.2) is 0 Å². The normalized spacial score (nSPS) is 11.3. The smallest absolute Gasteiger partial charge is 0.416 e. The molecule has 0 aliphatic rings. The summed E-state index contributed by atoms with van der Waals surface area (Å²) in [5, 5.41) is 8.97. The van der Waals surface area contributed by atoms with Crippen LogP contribution in [-0.4, -0.2) is 28.4 Å². The Bertz CT molecular complexity index is 738. The summed E-state index contributed by atoms with van der Waals surface area (Å²) in [5.41, 5.74) is -0.373. The molecular formula is C16H14F3NO3S. The number of hydrogen-bond donors (Lipinski definition) is 1. The fourth-order valence-corrected chi connectivity index (χ4v) is 2.92. The van der Waals surface area contributed by atoms with Crippen LogP contribution in [0.2, 0.25) is 0 Å².